The average molecular weight is 311 g/mol. The zero-order chi connectivity index (χ0) is 13.7. The molecule has 1 heterocycles. The van der Waals surface area contributed by atoms with E-state index in [1.54, 1.807) is 11.8 Å². The number of hydrogen-bond acceptors (Lipinski definition) is 6. The Labute approximate surface area is 124 Å². The first-order valence-corrected chi connectivity index (χ1v) is 8.35. The van der Waals surface area contributed by atoms with Crippen LogP contribution in [0.1, 0.15) is 11.1 Å². The number of nitrogens with zero attached hydrogens (tertiary/aromatic N) is 2. The summed E-state index contributed by atoms with van der Waals surface area (Å²) in [5, 5.41) is 8.11. The quantitative estimate of drug-likeness (QED) is 0.831. The summed E-state index contributed by atoms with van der Waals surface area (Å²) >= 11 is 4.48. The number of aromatic nitrogens is 2. The number of rotatable bonds is 6. The summed E-state index contributed by atoms with van der Waals surface area (Å²) in [5.74, 6) is 0.780. The van der Waals surface area contributed by atoms with Crippen molar-refractivity contribution in [3.05, 3.63) is 35.4 Å². The van der Waals surface area contributed by atoms with Crippen molar-refractivity contribution < 1.29 is 4.79 Å². The van der Waals surface area contributed by atoms with E-state index < -0.39 is 0 Å². The molecule has 0 fully saturated rings. The predicted molar refractivity (Wildman–Crippen MR) is 80.6 cm³/mol. The Morgan fingerprint density at radius 3 is 2.74 bits per heavy atom. The van der Waals surface area contributed by atoms with Crippen LogP contribution < -0.4 is 5.73 Å². The summed E-state index contributed by atoms with van der Waals surface area (Å²) in [5.41, 5.74) is 7.61. The summed E-state index contributed by atoms with van der Waals surface area (Å²) in [7, 11) is 0. The first-order valence-electron chi connectivity index (χ1n) is 5.56. The van der Waals surface area contributed by atoms with Crippen molar-refractivity contribution in [2.45, 2.75) is 21.4 Å². The monoisotopic (exact) mass is 311 g/mol. The number of nitrogens with two attached hydrogens (primary N) is 1. The Hall–Kier alpha value is -1.05. The van der Waals surface area contributed by atoms with Gasteiger partial charge in [0.15, 0.2) is 8.68 Å². The standard InChI is InChI=1S/C12H13N3OS3/c1-8-3-2-4-9(5-8)6-17-11-14-15-12(19-11)18-7-10(13)16/h2-5H,6-7H2,1H3,(H2,13,16). The van der Waals surface area contributed by atoms with E-state index >= 15 is 0 Å². The van der Waals surface area contributed by atoms with Crippen LogP contribution in [0.3, 0.4) is 0 Å². The second-order valence-electron chi connectivity index (χ2n) is 3.87. The lowest BCUT2D eigenvalue weighted by atomic mass is 10.2. The second-order valence-corrected chi connectivity index (χ2v) is 7.29. The van der Waals surface area contributed by atoms with E-state index in [2.05, 4.69) is 41.4 Å². The number of hydrogen-bond donors (Lipinski definition) is 1. The van der Waals surface area contributed by atoms with Gasteiger partial charge in [-0.1, -0.05) is 64.7 Å². The predicted octanol–water partition coefficient (Wildman–Crippen LogP) is 2.72. The molecule has 0 spiro atoms. The van der Waals surface area contributed by atoms with Crippen LogP contribution in [0.25, 0.3) is 0 Å². The lowest BCUT2D eigenvalue weighted by molar-refractivity contribution is -0.115. The van der Waals surface area contributed by atoms with Crippen molar-refractivity contribution in [1.29, 1.82) is 0 Å². The Balaban J connectivity index is 1.88. The number of primary amides is 1. The van der Waals surface area contributed by atoms with E-state index in [9.17, 15) is 4.79 Å². The molecule has 2 N–H and O–H groups in total. The molecule has 7 heteroatoms. The average Bonchev–Trinajstić information content (AvgIpc) is 2.82. The molecule has 0 radical (unpaired) electrons. The Morgan fingerprint density at radius 2 is 2.05 bits per heavy atom. The molecule has 1 amide bonds. The molecule has 1 aromatic heterocycles. The topological polar surface area (TPSA) is 68.9 Å². The summed E-state index contributed by atoms with van der Waals surface area (Å²) in [4.78, 5) is 10.7. The van der Waals surface area contributed by atoms with Gasteiger partial charge in [0, 0.05) is 5.75 Å². The molecule has 1 aromatic carbocycles. The van der Waals surface area contributed by atoms with Gasteiger partial charge in [0.25, 0.3) is 0 Å². The van der Waals surface area contributed by atoms with Gasteiger partial charge in [0.05, 0.1) is 5.75 Å². The van der Waals surface area contributed by atoms with Gasteiger partial charge in [-0.3, -0.25) is 4.79 Å². The van der Waals surface area contributed by atoms with Crippen LogP contribution in [0.4, 0.5) is 0 Å². The van der Waals surface area contributed by atoms with Crippen LogP contribution >= 0.6 is 34.9 Å². The Morgan fingerprint density at radius 1 is 1.32 bits per heavy atom. The van der Waals surface area contributed by atoms with E-state index in [0.29, 0.717) is 0 Å². The number of carbonyl (C=O) groups excluding carboxylic acids is 1. The molecule has 0 bridgehead atoms. The number of benzene rings is 1. The smallest absolute Gasteiger partial charge is 0.227 e. The minimum Gasteiger partial charge on any atom is -0.369 e. The van der Waals surface area contributed by atoms with Gasteiger partial charge in [0.1, 0.15) is 0 Å². The van der Waals surface area contributed by atoms with Crippen LogP contribution in [0.5, 0.6) is 0 Å². The highest BCUT2D eigenvalue weighted by molar-refractivity contribution is 8.03. The molecular weight excluding hydrogens is 298 g/mol. The molecule has 0 atom stereocenters. The number of carbonyl (C=O) groups is 1. The lowest BCUT2D eigenvalue weighted by Gasteiger charge is -1.99. The largest absolute Gasteiger partial charge is 0.369 e. The van der Waals surface area contributed by atoms with Crippen molar-refractivity contribution in [1.82, 2.24) is 10.2 Å². The molecule has 0 saturated carbocycles. The van der Waals surface area contributed by atoms with Gasteiger partial charge in [0.2, 0.25) is 5.91 Å². The summed E-state index contributed by atoms with van der Waals surface area (Å²) < 4.78 is 1.69. The fourth-order valence-corrected chi connectivity index (χ4v) is 4.10. The summed E-state index contributed by atoms with van der Waals surface area (Å²) in [6.07, 6.45) is 0. The van der Waals surface area contributed by atoms with Crippen molar-refractivity contribution in [2.75, 3.05) is 5.75 Å². The third-order valence-electron chi connectivity index (χ3n) is 2.17. The molecule has 0 aliphatic heterocycles. The molecular formula is C12H13N3OS3. The van der Waals surface area contributed by atoms with Crippen molar-refractivity contribution in [2.24, 2.45) is 5.73 Å². The number of amides is 1. The fraction of sp³-hybridized carbons (Fsp3) is 0.250. The SMILES string of the molecule is Cc1cccc(CSc2nnc(SCC(N)=O)s2)c1. The van der Waals surface area contributed by atoms with Gasteiger partial charge in [-0.2, -0.15) is 0 Å². The van der Waals surface area contributed by atoms with Gasteiger partial charge < -0.3 is 5.73 Å². The first-order chi connectivity index (χ1) is 9.13. The maximum Gasteiger partial charge on any atom is 0.227 e. The highest BCUT2D eigenvalue weighted by Gasteiger charge is 2.07. The van der Waals surface area contributed by atoms with Crippen LogP contribution in [0.2, 0.25) is 0 Å². The minimum absolute atomic E-state index is 0.247. The maximum atomic E-state index is 10.7. The zero-order valence-corrected chi connectivity index (χ0v) is 12.8. The minimum atomic E-state index is -0.339. The third-order valence-corrected chi connectivity index (χ3v) is 5.45. The normalized spacial score (nSPS) is 10.6. The summed E-state index contributed by atoms with van der Waals surface area (Å²) in [6.45, 7) is 2.08. The third kappa shape index (κ3) is 4.85. The van der Waals surface area contributed by atoms with Crippen LogP contribution in [0.15, 0.2) is 32.9 Å². The molecule has 4 nitrogen and oxygen atoms in total. The molecule has 0 saturated heterocycles. The van der Waals surface area contributed by atoms with E-state index in [-0.39, 0.29) is 11.7 Å². The Bertz CT molecular complexity index is 571. The highest BCUT2D eigenvalue weighted by Crippen LogP contribution is 2.30. The highest BCUT2D eigenvalue weighted by atomic mass is 32.2. The number of thioether (sulfide) groups is 2. The molecule has 0 aliphatic carbocycles. The van der Waals surface area contributed by atoms with Gasteiger partial charge in [-0.05, 0) is 12.5 Å². The number of aryl methyl sites for hydroxylation is 1. The molecule has 2 aromatic rings. The van der Waals surface area contributed by atoms with Crippen molar-refractivity contribution >= 4 is 40.8 Å². The van der Waals surface area contributed by atoms with E-state index in [1.165, 1.54) is 34.2 Å². The van der Waals surface area contributed by atoms with Crippen molar-refractivity contribution in [3.8, 4) is 0 Å². The zero-order valence-electron chi connectivity index (χ0n) is 10.3. The maximum absolute atomic E-state index is 10.7. The van der Waals surface area contributed by atoms with Gasteiger partial charge in [-0.25, -0.2) is 0 Å². The molecule has 0 unspecified atom stereocenters. The summed E-state index contributed by atoms with van der Waals surface area (Å²) in [6, 6.07) is 8.40. The molecule has 2 rings (SSSR count). The van der Waals surface area contributed by atoms with E-state index in [4.69, 9.17) is 5.73 Å². The molecule has 0 aliphatic rings. The second kappa shape index (κ2) is 6.93. The van der Waals surface area contributed by atoms with E-state index in [0.717, 1.165) is 14.4 Å². The van der Waals surface area contributed by atoms with Gasteiger partial charge >= 0.3 is 0 Å². The van der Waals surface area contributed by atoms with Crippen LogP contribution in [-0.4, -0.2) is 21.9 Å². The molecule has 19 heavy (non-hydrogen) atoms. The first kappa shape index (κ1) is 14.4. The molecule has 100 valence electrons. The van der Waals surface area contributed by atoms with Crippen molar-refractivity contribution in [3.63, 3.8) is 0 Å². The van der Waals surface area contributed by atoms with E-state index in [1.807, 2.05) is 0 Å². The van der Waals surface area contributed by atoms with Crippen LogP contribution in [-0.2, 0) is 10.5 Å². The fourth-order valence-electron chi connectivity index (χ4n) is 1.39. The lowest BCUT2D eigenvalue weighted by Crippen LogP contribution is -2.12. The van der Waals surface area contributed by atoms with Gasteiger partial charge in [-0.15, -0.1) is 10.2 Å². The Kier molecular flexibility index (Phi) is 5.24. The van der Waals surface area contributed by atoms with Crippen LogP contribution in [0, 0.1) is 6.92 Å².